The molecule has 1 aromatic carbocycles. The lowest BCUT2D eigenvalue weighted by molar-refractivity contribution is 0.486. The van der Waals surface area contributed by atoms with Crippen molar-refractivity contribution in [1.82, 2.24) is 9.47 Å². The van der Waals surface area contributed by atoms with Crippen molar-refractivity contribution in [1.29, 1.82) is 0 Å². The predicted molar refractivity (Wildman–Crippen MR) is 83.2 cm³/mol. The fourth-order valence-corrected chi connectivity index (χ4v) is 2.16. The molecule has 0 spiro atoms. The number of aryl methyl sites for hydroxylation is 1. The Kier molecular flexibility index (Phi) is 4.01. The van der Waals surface area contributed by atoms with Gasteiger partial charge in [0.1, 0.15) is 5.69 Å². The van der Waals surface area contributed by atoms with E-state index >= 15 is 0 Å². The van der Waals surface area contributed by atoms with Gasteiger partial charge in [0.05, 0.1) is 26.8 Å². The molecule has 0 saturated heterocycles. The Labute approximate surface area is 116 Å². The van der Waals surface area contributed by atoms with E-state index in [2.05, 4.69) is 69.4 Å². The number of hydrogen-bond donors (Lipinski definition) is 0. The summed E-state index contributed by atoms with van der Waals surface area (Å²) in [7, 11) is 6.53. The Hall–Kier alpha value is -1.67. The zero-order chi connectivity index (χ0) is 13.9. The van der Waals surface area contributed by atoms with Crippen LogP contribution in [0.3, 0.4) is 0 Å². The minimum Gasteiger partial charge on any atom is -0.298 e. The Morgan fingerprint density at radius 3 is 2.26 bits per heavy atom. The molecule has 0 aliphatic heterocycles. The number of rotatable bonds is 4. The maximum atomic E-state index is 4.48. The molecule has 1 aromatic heterocycles. The third-order valence-corrected chi connectivity index (χ3v) is 3.30. The van der Waals surface area contributed by atoms with E-state index in [4.69, 9.17) is 0 Å². The average molecular weight is 255 g/mol. The second-order valence-electron chi connectivity index (χ2n) is 5.86. The summed E-state index contributed by atoms with van der Waals surface area (Å²) in [4.78, 5) is 4.48. The standard InChI is InChI=1S/C17H23N2/c1-5-6-14-11-12-18-17(13-14)15-7-9-16(10-8-15)19(2,3)4/h7-13H,5-6H2,1-4H3/q+1. The molecule has 2 heteroatoms. The second kappa shape index (κ2) is 5.54. The lowest BCUT2D eigenvalue weighted by Gasteiger charge is -2.23. The predicted octanol–water partition coefficient (Wildman–Crippen LogP) is 3.90. The highest BCUT2D eigenvalue weighted by molar-refractivity contribution is 5.62. The van der Waals surface area contributed by atoms with Gasteiger partial charge in [-0.2, -0.15) is 0 Å². The Morgan fingerprint density at radius 2 is 1.68 bits per heavy atom. The highest BCUT2D eigenvalue weighted by Gasteiger charge is 2.11. The molecule has 0 fully saturated rings. The average Bonchev–Trinajstić information content (AvgIpc) is 2.39. The van der Waals surface area contributed by atoms with Crippen LogP contribution in [0.25, 0.3) is 11.3 Å². The third-order valence-electron chi connectivity index (χ3n) is 3.30. The highest BCUT2D eigenvalue weighted by Crippen LogP contribution is 2.23. The van der Waals surface area contributed by atoms with Crippen LogP contribution < -0.4 is 4.48 Å². The quantitative estimate of drug-likeness (QED) is 0.755. The molecule has 2 aromatic rings. The molecule has 100 valence electrons. The van der Waals surface area contributed by atoms with E-state index in [0.717, 1.165) is 16.6 Å². The SMILES string of the molecule is CCCc1ccnc(-c2ccc([N+](C)(C)C)cc2)c1. The van der Waals surface area contributed by atoms with Gasteiger partial charge in [-0.1, -0.05) is 13.3 Å². The Bertz CT molecular complexity index is 536. The smallest absolute Gasteiger partial charge is 0.132 e. The molecule has 2 rings (SSSR count). The molecule has 19 heavy (non-hydrogen) atoms. The summed E-state index contributed by atoms with van der Waals surface area (Å²) >= 11 is 0. The van der Waals surface area contributed by atoms with Crippen LogP contribution in [-0.2, 0) is 6.42 Å². The first kappa shape index (κ1) is 13.8. The van der Waals surface area contributed by atoms with Gasteiger partial charge in [-0.3, -0.25) is 9.47 Å². The monoisotopic (exact) mass is 255 g/mol. The van der Waals surface area contributed by atoms with Gasteiger partial charge in [-0.25, -0.2) is 0 Å². The largest absolute Gasteiger partial charge is 0.298 e. The van der Waals surface area contributed by atoms with Crippen molar-refractivity contribution in [2.24, 2.45) is 0 Å². The van der Waals surface area contributed by atoms with Crippen LogP contribution >= 0.6 is 0 Å². The summed E-state index contributed by atoms with van der Waals surface area (Å²) in [5.74, 6) is 0. The summed E-state index contributed by atoms with van der Waals surface area (Å²) in [5.41, 5.74) is 4.92. The number of aromatic nitrogens is 1. The van der Waals surface area contributed by atoms with Gasteiger partial charge in [0.25, 0.3) is 0 Å². The van der Waals surface area contributed by atoms with E-state index in [-0.39, 0.29) is 0 Å². The first-order valence-corrected chi connectivity index (χ1v) is 6.88. The molecular weight excluding hydrogens is 232 g/mol. The van der Waals surface area contributed by atoms with E-state index < -0.39 is 0 Å². The maximum Gasteiger partial charge on any atom is 0.132 e. The van der Waals surface area contributed by atoms with Crippen LogP contribution in [0.15, 0.2) is 42.6 Å². The zero-order valence-electron chi connectivity index (χ0n) is 12.4. The summed E-state index contributed by atoms with van der Waals surface area (Å²) in [6.45, 7) is 2.20. The lowest BCUT2D eigenvalue weighted by Crippen LogP contribution is -2.34. The summed E-state index contributed by atoms with van der Waals surface area (Å²) in [6.07, 6.45) is 4.20. The molecule has 0 N–H and O–H groups in total. The summed E-state index contributed by atoms with van der Waals surface area (Å²) in [5, 5.41) is 0. The highest BCUT2D eigenvalue weighted by atomic mass is 15.3. The first-order chi connectivity index (χ1) is 9.00. The summed E-state index contributed by atoms with van der Waals surface area (Å²) < 4.78 is 0.837. The first-order valence-electron chi connectivity index (χ1n) is 6.88. The number of hydrogen-bond acceptors (Lipinski definition) is 1. The fraction of sp³-hybridized carbons (Fsp3) is 0.353. The van der Waals surface area contributed by atoms with Crippen molar-refractivity contribution in [2.75, 3.05) is 21.1 Å². The molecule has 0 atom stereocenters. The van der Waals surface area contributed by atoms with Crippen LogP contribution in [0.5, 0.6) is 0 Å². The van der Waals surface area contributed by atoms with Gasteiger partial charge in [-0.05, 0) is 48.4 Å². The molecule has 0 amide bonds. The van der Waals surface area contributed by atoms with Crippen LogP contribution in [0.1, 0.15) is 18.9 Å². The van der Waals surface area contributed by atoms with E-state index in [1.165, 1.54) is 23.2 Å². The van der Waals surface area contributed by atoms with Crippen molar-refractivity contribution in [2.45, 2.75) is 19.8 Å². The lowest BCUT2D eigenvalue weighted by atomic mass is 10.1. The van der Waals surface area contributed by atoms with E-state index in [1.807, 2.05) is 6.20 Å². The van der Waals surface area contributed by atoms with Gasteiger partial charge < -0.3 is 0 Å². The molecule has 0 aliphatic rings. The molecule has 2 nitrogen and oxygen atoms in total. The topological polar surface area (TPSA) is 12.9 Å². The van der Waals surface area contributed by atoms with Gasteiger partial charge in [0.2, 0.25) is 0 Å². The molecule has 1 heterocycles. The van der Waals surface area contributed by atoms with Crippen molar-refractivity contribution in [3.8, 4) is 11.3 Å². The van der Waals surface area contributed by atoms with Gasteiger partial charge in [0.15, 0.2) is 0 Å². The number of nitrogens with zero attached hydrogens (tertiary/aromatic N) is 2. The van der Waals surface area contributed by atoms with Crippen LogP contribution in [0, 0.1) is 0 Å². The van der Waals surface area contributed by atoms with Crippen LogP contribution in [0.2, 0.25) is 0 Å². The minimum absolute atomic E-state index is 0.837. The van der Waals surface area contributed by atoms with Crippen molar-refractivity contribution in [3.05, 3.63) is 48.2 Å². The number of benzene rings is 1. The molecule has 0 radical (unpaired) electrons. The van der Waals surface area contributed by atoms with Gasteiger partial charge in [0, 0.05) is 11.8 Å². The molecule has 0 unspecified atom stereocenters. The van der Waals surface area contributed by atoms with Gasteiger partial charge >= 0.3 is 0 Å². The number of pyridine rings is 1. The van der Waals surface area contributed by atoms with Crippen molar-refractivity contribution in [3.63, 3.8) is 0 Å². The van der Waals surface area contributed by atoms with E-state index in [1.54, 1.807) is 0 Å². The number of quaternary nitrogens is 1. The maximum absolute atomic E-state index is 4.48. The van der Waals surface area contributed by atoms with E-state index in [9.17, 15) is 0 Å². The third kappa shape index (κ3) is 3.42. The van der Waals surface area contributed by atoms with E-state index in [0.29, 0.717) is 0 Å². The Balaban J connectivity index is 2.29. The molecule has 0 bridgehead atoms. The van der Waals surface area contributed by atoms with Crippen LogP contribution in [-0.4, -0.2) is 26.1 Å². The summed E-state index contributed by atoms with van der Waals surface area (Å²) in [6, 6.07) is 13.0. The molecular formula is C17H23N2+. The zero-order valence-corrected chi connectivity index (χ0v) is 12.4. The fourth-order valence-electron chi connectivity index (χ4n) is 2.16. The minimum atomic E-state index is 0.837. The van der Waals surface area contributed by atoms with Gasteiger partial charge in [-0.15, -0.1) is 0 Å². The van der Waals surface area contributed by atoms with Crippen molar-refractivity contribution >= 4 is 5.69 Å². The molecule has 0 saturated carbocycles. The van der Waals surface area contributed by atoms with Crippen molar-refractivity contribution < 1.29 is 0 Å². The molecule has 0 aliphatic carbocycles. The van der Waals surface area contributed by atoms with Crippen LogP contribution in [0.4, 0.5) is 5.69 Å². The normalized spacial score (nSPS) is 11.6. The second-order valence-corrected chi connectivity index (χ2v) is 5.86. The Morgan fingerprint density at radius 1 is 1.00 bits per heavy atom.